The van der Waals surface area contributed by atoms with Gasteiger partial charge >= 0.3 is 5.97 Å². The average molecular weight is 271 g/mol. The number of thiophene rings is 1. The first-order chi connectivity index (χ1) is 8.76. The molecule has 102 valence electrons. The molecule has 0 aliphatic heterocycles. The van der Waals surface area contributed by atoms with E-state index >= 15 is 0 Å². The van der Waals surface area contributed by atoms with Crippen LogP contribution in [0.25, 0.3) is 0 Å². The summed E-state index contributed by atoms with van der Waals surface area (Å²) in [6.07, 6.45) is 1.45. The molecule has 18 heavy (non-hydrogen) atoms. The minimum atomic E-state index is -0.159. The van der Waals surface area contributed by atoms with Gasteiger partial charge in [-0.2, -0.15) is 0 Å². The molecule has 0 bridgehead atoms. The van der Waals surface area contributed by atoms with E-state index in [1.54, 1.807) is 18.4 Å². The molecule has 5 heteroatoms. The fourth-order valence-corrected chi connectivity index (χ4v) is 2.33. The van der Waals surface area contributed by atoms with E-state index in [-0.39, 0.29) is 5.97 Å². The number of ether oxygens (including phenoxy) is 2. The standard InChI is InChI=1S/C13H21NO3S/c1-16-10-9-14(8-6-13(15)17-2)7-5-12-4-3-11-18-12/h3-4,11H,5-10H2,1-2H3. The maximum Gasteiger partial charge on any atom is 0.306 e. The minimum absolute atomic E-state index is 0.159. The molecule has 0 amide bonds. The number of carbonyl (C=O) groups excluding carboxylic acids is 1. The molecular weight excluding hydrogens is 250 g/mol. The highest BCUT2D eigenvalue weighted by molar-refractivity contribution is 7.09. The summed E-state index contributed by atoms with van der Waals surface area (Å²) < 4.78 is 9.75. The number of hydrogen-bond donors (Lipinski definition) is 0. The van der Waals surface area contributed by atoms with Crippen LogP contribution in [0, 0.1) is 0 Å². The largest absolute Gasteiger partial charge is 0.469 e. The van der Waals surface area contributed by atoms with Gasteiger partial charge in [-0.3, -0.25) is 4.79 Å². The number of nitrogens with zero attached hydrogens (tertiary/aromatic N) is 1. The van der Waals surface area contributed by atoms with Crippen LogP contribution in [-0.2, 0) is 20.7 Å². The second-order valence-electron chi connectivity index (χ2n) is 3.99. The molecule has 1 rings (SSSR count). The second kappa shape index (κ2) is 9.08. The number of methoxy groups -OCH3 is 2. The van der Waals surface area contributed by atoms with Gasteiger partial charge in [0.2, 0.25) is 0 Å². The van der Waals surface area contributed by atoms with E-state index in [9.17, 15) is 4.79 Å². The fraction of sp³-hybridized carbons (Fsp3) is 0.615. The molecule has 0 aliphatic rings. The van der Waals surface area contributed by atoms with Gasteiger partial charge in [-0.25, -0.2) is 0 Å². The van der Waals surface area contributed by atoms with Crippen LogP contribution in [0.3, 0.4) is 0 Å². The van der Waals surface area contributed by atoms with Crippen LogP contribution in [0.2, 0.25) is 0 Å². The molecule has 0 unspecified atom stereocenters. The van der Waals surface area contributed by atoms with E-state index in [0.717, 1.165) is 26.1 Å². The molecule has 1 aromatic rings. The van der Waals surface area contributed by atoms with Crippen molar-refractivity contribution in [2.45, 2.75) is 12.8 Å². The quantitative estimate of drug-likeness (QED) is 0.642. The van der Waals surface area contributed by atoms with Gasteiger partial charge in [0, 0.05) is 31.6 Å². The van der Waals surface area contributed by atoms with Gasteiger partial charge in [-0.15, -0.1) is 11.3 Å². The number of carbonyl (C=O) groups is 1. The highest BCUT2D eigenvalue weighted by atomic mass is 32.1. The molecule has 0 saturated carbocycles. The van der Waals surface area contributed by atoms with E-state index in [1.807, 2.05) is 0 Å². The molecule has 4 nitrogen and oxygen atoms in total. The Hall–Kier alpha value is -0.910. The second-order valence-corrected chi connectivity index (χ2v) is 5.02. The Bertz CT molecular complexity index is 327. The van der Waals surface area contributed by atoms with Crippen molar-refractivity contribution in [1.29, 1.82) is 0 Å². The Balaban J connectivity index is 2.32. The Labute approximate surface area is 113 Å². The molecular formula is C13H21NO3S. The Morgan fingerprint density at radius 3 is 2.78 bits per heavy atom. The van der Waals surface area contributed by atoms with Gasteiger partial charge in [-0.05, 0) is 17.9 Å². The molecule has 0 aromatic carbocycles. The van der Waals surface area contributed by atoms with Gasteiger partial charge in [0.25, 0.3) is 0 Å². The van der Waals surface area contributed by atoms with Gasteiger partial charge in [-0.1, -0.05) is 6.07 Å². The zero-order chi connectivity index (χ0) is 13.2. The van der Waals surface area contributed by atoms with Crippen molar-refractivity contribution in [1.82, 2.24) is 4.90 Å². The maximum atomic E-state index is 11.1. The third kappa shape index (κ3) is 6.14. The summed E-state index contributed by atoms with van der Waals surface area (Å²) in [6, 6.07) is 4.20. The molecule has 1 heterocycles. The number of rotatable bonds is 9. The Morgan fingerprint density at radius 1 is 1.33 bits per heavy atom. The first kappa shape index (κ1) is 15.1. The zero-order valence-corrected chi connectivity index (χ0v) is 11.9. The van der Waals surface area contributed by atoms with Crippen LogP contribution in [0.1, 0.15) is 11.3 Å². The fourth-order valence-electron chi connectivity index (χ4n) is 1.63. The molecule has 0 aliphatic carbocycles. The van der Waals surface area contributed by atoms with Crippen LogP contribution in [0.4, 0.5) is 0 Å². The Kier molecular flexibility index (Phi) is 7.64. The van der Waals surface area contributed by atoms with Crippen LogP contribution in [0.5, 0.6) is 0 Å². The summed E-state index contributed by atoms with van der Waals surface area (Å²) in [4.78, 5) is 14.8. The predicted molar refractivity (Wildman–Crippen MR) is 73.0 cm³/mol. The van der Waals surface area contributed by atoms with Crippen molar-refractivity contribution in [3.05, 3.63) is 22.4 Å². The summed E-state index contributed by atoms with van der Waals surface area (Å²) in [6.45, 7) is 3.20. The van der Waals surface area contributed by atoms with Crippen molar-refractivity contribution in [3.8, 4) is 0 Å². The topological polar surface area (TPSA) is 38.8 Å². The summed E-state index contributed by atoms with van der Waals surface area (Å²) in [5.41, 5.74) is 0. The van der Waals surface area contributed by atoms with Crippen molar-refractivity contribution in [2.75, 3.05) is 40.5 Å². The SMILES string of the molecule is COCCN(CCC(=O)OC)CCc1cccs1. The molecule has 0 radical (unpaired) electrons. The van der Waals surface area contributed by atoms with E-state index in [1.165, 1.54) is 12.0 Å². The highest BCUT2D eigenvalue weighted by Gasteiger charge is 2.08. The van der Waals surface area contributed by atoms with E-state index in [2.05, 4.69) is 27.1 Å². The first-order valence-electron chi connectivity index (χ1n) is 6.06. The van der Waals surface area contributed by atoms with Gasteiger partial charge < -0.3 is 14.4 Å². The first-order valence-corrected chi connectivity index (χ1v) is 6.94. The lowest BCUT2D eigenvalue weighted by Crippen LogP contribution is -2.31. The smallest absolute Gasteiger partial charge is 0.306 e. The van der Waals surface area contributed by atoms with Gasteiger partial charge in [0.1, 0.15) is 0 Å². The lowest BCUT2D eigenvalue weighted by Gasteiger charge is -2.20. The van der Waals surface area contributed by atoms with Crippen LogP contribution < -0.4 is 0 Å². The van der Waals surface area contributed by atoms with Crippen molar-refractivity contribution in [2.24, 2.45) is 0 Å². The molecule has 0 atom stereocenters. The zero-order valence-electron chi connectivity index (χ0n) is 11.1. The van der Waals surface area contributed by atoms with Crippen molar-refractivity contribution < 1.29 is 14.3 Å². The lowest BCUT2D eigenvalue weighted by atomic mass is 10.3. The molecule has 0 saturated heterocycles. The predicted octanol–water partition coefficient (Wildman–Crippen LogP) is 1.80. The van der Waals surface area contributed by atoms with E-state index in [4.69, 9.17) is 4.74 Å². The normalized spacial score (nSPS) is 10.8. The van der Waals surface area contributed by atoms with Crippen LogP contribution in [0.15, 0.2) is 17.5 Å². The minimum Gasteiger partial charge on any atom is -0.469 e. The third-order valence-electron chi connectivity index (χ3n) is 2.73. The molecule has 0 N–H and O–H groups in total. The Morgan fingerprint density at radius 2 is 2.17 bits per heavy atom. The van der Waals surface area contributed by atoms with Crippen LogP contribution in [-0.4, -0.2) is 51.3 Å². The monoisotopic (exact) mass is 271 g/mol. The summed E-state index contributed by atoms with van der Waals surface area (Å²) in [5, 5.41) is 2.09. The lowest BCUT2D eigenvalue weighted by molar-refractivity contribution is -0.141. The number of esters is 1. The average Bonchev–Trinajstić information content (AvgIpc) is 2.90. The van der Waals surface area contributed by atoms with E-state index in [0.29, 0.717) is 13.0 Å². The summed E-state index contributed by atoms with van der Waals surface area (Å²) in [7, 11) is 3.12. The van der Waals surface area contributed by atoms with Gasteiger partial charge in [0.15, 0.2) is 0 Å². The third-order valence-corrected chi connectivity index (χ3v) is 3.66. The molecule has 1 aromatic heterocycles. The van der Waals surface area contributed by atoms with Crippen molar-refractivity contribution >= 4 is 17.3 Å². The van der Waals surface area contributed by atoms with Crippen molar-refractivity contribution in [3.63, 3.8) is 0 Å². The molecule has 0 fully saturated rings. The summed E-state index contributed by atoms with van der Waals surface area (Å²) >= 11 is 1.77. The molecule has 0 spiro atoms. The van der Waals surface area contributed by atoms with Crippen LogP contribution >= 0.6 is 11.3 Å². The van der Waals surface area contributed by atoms with Gasteiger partial charge in [0.05, 0.1) is 20.1 Å². The maximum absolute atomic E-state index is 11.1. The van der Waals surface area contributed by atoms with E-state index < -0.39 is 0 Å². The summed E-state index contributed by atoms with van der Waals surface area (Å²) in [5.74, 6) is -0.159. The number of hydrogen-bond acceptors (Lipinski definition) is 5. The highest BCUT2D eigenvalue weighted by Crippen LogP contribution is 2.10.